The van der Waals surface area contributed by atoms with Crippen molar-refractivity contribution in [3.8, 4) is 10.6 Å². The lowest BCUT2D eigenvalue weighted by atomic mass is 10.1. The highest BCUT2D eigenvalue weighted by atomic mass is 32.1. The highest BCUT2D eigenvalue weighted by Gasteiger charge is 2.25. The van der Waals surface area contributed by atoms with Gasteiger partial charge in [0.05, 0.1) is 16.9 Å². The van der Waals surface area contributed by atoms with Gasteiger partial charge in [0, 0.05) is 19.1 Å². The Bertz CT molecular complexity index is 729. The van der Waals surface area contributed by atoms with Crippen molar-refractivity contribution in [2.75, 3.05) is 20.2 Å². The summed E-state index contributed by atoms with van der Waals surface area (Å²) in [5.41, 5.74) is 0. The number of nitrogens with zero attached hydrogens (tertiary/aromatic N) is 1. The van der Waals surface area contributed by atoms with Gasteiger partial charge in [-0.3, -0.25) is 4.79 Å². The standard InChI is InChI=1S/C17H20N2O4S/c1-11-3-4-13(23-11)14-5-6-15(24-14)16(20)18-12-7-9-19(10-8-12)17(21)22-2/h3-6,12H,7-10H2,1-2H3,(H,18,20). The fraction of sp³-hybridized carbons (Fsp3) is 0.412. The fourth-order valence-electron chi connectivity index (χ4n) is 2.75. The van der Waals surface area contributed by atoms with Crippen LogP contribution >= 0.6 is 11.3 Å². The van der Waals surface area contributed by atoms with Crippen molar-refractivity contribution in [2.45, 2.75) is 25.8 Å². The van der Waals surface area contributed by atoms with Gasteiger partial charge in [-0.15, -0.1) is 11.3 Å². The number of piperidine rings is 1. The normalized spacial score (nSPS) is 15.3. The van der Waals surface area contributed by atoms with E-state index in [2.05, 4.69) is 5.32 Å². The zero-order chi connectivity index (χ0) is 17.1. The van der Waals surface area contributed by atoms with E-state index in [1.807, 2.05) is 31.2 Å². The monoisotopic (exact) mass is 348 g/mol. The number of thiophene rings is 1. The van der Waals surface area contributed by atoms with Crippen LogP contribution in [0.4, 0.5) is 4.79 Å². The molecule has 0 aliphatic carbocycles. The maximum atomic E-state index is 12.4. The van der Waals surface area contributed by atoms with Crippen molar-refractivity contribution in [3.63, 3.8) is 0 Å². The Morgan fingerprint density at radius 1 is 1.25 bits per heavy atom. The molecule has 1 aliphatic rings. The molecule has 1 N–H and O–H groups in total. The summed E-state index contributed by atoms with van der Waals surface area (Å²) < 4.78 is 10.3. The summed E-state index contributed by atoms with van der Waals surface area (Å²) in [4.78, 5) is 27.1. The number of likely N-dealkylation sites (tertiary alicyclic amines) is 1. The van der Waals surface area contributed by atoms with E-state index in [0.717, 1.165) is 29.2 Å². The highest BCUT2D eigenvalue weighted by Crippen LogP contribution is 2.29. The zero-order valence-electron chi connectivity index (χ0n) is 13.7. The van der Waals surface area contributed by atoms with Crippen LogP contribution in [0.2, 0.25) is 0 Å². The number of hydrogen-bond donors (Lipinski definition) is 1. The molecule has 0 unspecified atom stereocenters. The molecule has 1 fully saturated rings. The van der Waals surface area contributed by atoms with E-state index >= 15 is 0 Å². The smallest absolute Gasteiger partial charge is 0.409 e. The summed E-state index contributed by atoms with van der Waals surface area (Å²) in [5, 5.41) is 3.04. The molecule has 24 heavy (non-hydrogen) atoms. The summed E-state index contributed by atoms with van der Waals surface area (Å²) in [5.74, 6) is 1.55. The molecule has 1 saturated heterocycles. The molecule has 1 aliphatic heterocycles. The van der Waals surface area contributed by atoms with Crippen LogP contribution in [0.1, 0.15) is 28.3 Å². The van der Waals surface area contributed by atoms with Crippen LogP contribution in [-0.2, 0) is 4.74 Å². The number of furan rings is 1. The van der Waals surface area contributed by atoms with E-state index in [-0.39, 0.29) is 18.0 Å². The molecule has 0 bridgehead atoms. The first-order valence-corrected chi connectivity index (χ1v) is 8.69. The molecule has 0 atom stereocenters. The Morgan fingerprint density at radius 2 is 2.00 bits per heavy atom. The molecular formula is C17H20N2O4S. The van der Waals surface area contributed by atoms with Gasteiger partial charge < -0.3 is 19.4 Å². The molecule has 6 nitrogen and oxygen atoms in total. The minimum Gasteiger partial charge on any atom is -0.461 e. The average Bonchev–Trinajstić information content (AvgIpc) is 3.23. The summed E-state index contributed by atoms with van der Waals surface area (Å²) in [7, 11) is 1.38. The molecule has 2 aromatic rings. The molecule has 7 heteroatoms. The number of carbonyl (C=O) groups is 2. The van der Waals surface area contributed by atoms with Gasteiger partial charge in [-0.1, -0.05) is 0 Å². The molecule has 0 aromatic carbocycles. The number of amides is 2. The first kappa shape index (κ1) is 16.6. The summed E-state index contributed by atoms with van der Waals surface area (Å²) in [6.07, 6.45) is 1.16. The van der Waals surface area contributed by atoms with Gasteiger partial charge in [-0.25, -0.2) is 4.79 Å². The topological polar surface area (TPSA) is 71.8 Å². The van der Waals surface area contributed by atoms with Gasteiger partial charge in [0.1, 0.15) is 11.5 Å². The van der Waals surface area contributed by atoms with Gasteiger partial charge >= 0.3 is 6.09 Å². The van der Waals surface area contributed by atoms with Crippen LogP contribution in [0.3, 0.4) is 0 Å². The lowest BCUT2D eigenvalue weighted by Gasteiger charge is -2.31. The van der Waals surface area contributed by atoms with Crippen molar-refractivity contribution in [1.82, 2.24) is 10.2 Å². The van der Waals surface area contributed by atoms with Crippen LogP contribution in [-0.4, -0.2) is 43.1 Å². The molecular weight excluding hydrogens is 328 g/mol. The predicted octanol–water partition coefficient (Wildman–Crippen LogP) is 3.28. The Kier molecular flexibility index (Phi) is 4.89. The van der Waals surface area contributed by atoms with Gasteiger partial charge in [0.15, 0.2) is 0 Å². The SMILES string of the molecule is COC(=O)N1CCC(NC(=O)c2ccc(-c3ccc(C)o3)s2)CC1. The van der Waals surface area contributed by atoms with Gasteiger partial charge in [0.25, 0.3) is 5.91 Å². The van der Waals surface area contributed by atoms with Gasteiger partial charge in [-0.05, 0) is 44.0 Å². The molecule has 128 valence electrons. The molecule has 2 amide bonds. The Morgan fingerprint density at radius 3 is 2.62 bits per heavy atom. The number of nitrogens with one attached hydrogen (secondary N) is 1. The number of rotatable bonds is 3. The minimum atomic E-state index is -0.309. The number of hydrogen-bond acceptors (Lipinski definition) is 5. The van der Waals surface area contributed by atoms with Gasteiger partial charge in [0.2, 0.25) is 0 Å². The second-order valence-corrected chi connectivity index (χ2v) is 6.86. The van der Waals surface area contributed by atoms with E-state index in [1.54, 1.807) is 4.90 Å². The summed E-state index contributed by atoms with van der Waals surface area (Å²) >= 11 is 1.41. The summed E-state index contributed by atoms with van der Waals surface area (Å²) in [6.45, 7) is 3.09. The number of ether oxygens (including phenoxy) is 1. The van der Waals surface area contributed by atoms with Crippen molar-refractivity contribution < 1.29 is 18.7 Å². The van der Waals surface area contributed by atoms with Crippen molar-refractivity contribution in [3.05, 3.63) is 34.9 Å². The third kappa shape index (κ3) is 3.62. The Hall–Kier alpha value is -2.28. The van der Waals surface area contributed by atoms with Crippen LogP contribution in [0.5, 0.6) is 0 Å². The zero-order valence-corrected chi connectivity index (χ0v) is 14.5. The average molecular weight is 348 g/mol. The molecule has 0 radical (unpaired) electrons. The quantitative estimate of drug-likeness (QED) is 0.924. The third-order valence-corrected chi connectivity index (χ3v) is 5.17. The highest BCUT2D eigenvalue weighted by molar-refractivity contribution is 7.17. The molecule has 3 rings (SSSR count). The Balaban J connectivity index is 1.56. The molecule has 0 spiro atoms. The van der Waals surface area contributed by atoms with E-state index in [0.29, 0.717) is 18.0 Å². The second kappa shape index (κ2) is 7.09. The molecule has 2 aromatic heterocycles. The van der Waals surface area contributed by atoms with Crippen LogP contribution in [0.25, 0.3) is 10.6 Å². The van der Waals surface area contributed by atoms with E-state index in [4.69, 9.17) is 9.15 Å². The maximum absolute atomic E-state index is 12.4. The second-order valence-electron chi connectivity index (χ2n) is 5.78. The Labute approximate surface area is 144 Å². The lowest BCUT2D eigenvalue weighted by molar-refractivity contribution is 0.0896. The predicted molar refractivity (Wildman–Crippen MR) is 91.2 cm³/mol. The van der Waals surface area contributed by atoms with Gasteiger partial charge in [-0.2, -0.15) is 0 Å². The van der Waals surface area contributed by atoms with Crippen LogP contribution in [0, 0.1) is 6.92 Å². The summed E-state index contributed by atoms with van der Waals surface area (Å²) in [6, 6.07) is 7.61. The molecule has 3 heterocycles. The third-order valence-electron chi connectivity index (χ3n) is 4.08. The first-order valence-electron chi connectivity index (χ1n) is 7.87. The van der Waals surface area contributed by atoms with E-state index < -0.39 is 0 Å². The van der Waals surface area contributed by atoms with Crippen LogP contribution in [0.15, 0.2) is 28.7 Å². The van der Waals surface area contributed by atoms with Crippen molar-refractivity contribution in [2.24, 2.45) is 0 Å². The number of carbonyl (C=O) groups excluding carboxylic acids is 2. The first-order chi connectivity index (χ1) is 11.6. The minimum absolute atomic E-state index is 0.0777. The van der Waals surface area contributed by atoms with Crippen molar-refractivity contribution in [1.29, 1.82) is 0 Å². The number of methoxy groups -OCH3 is 1. The lowest BCUT2D eigenvalue weighted by Crippen LogP contribution is -2.46. The maximum Gasteiger partial charge on any atom is 0.409 e. The number of aryl methyl sites for hydroxylation is 1. The molecule has 0 saturated carbocycles. The largest absolute Gasteiger partial charge is 0.461 e. The van der Waals surface area contributed by atoms with Crippen LogP contribution < -0.4 is 5.32 Å². The van der Waals surface area contributed by atoms with E-state index in [1.165, 1.54) is 18.4 Å². The van der Waals surface area contributed by atoms with Crippen molar-refractivity contribution >= 4 is 23.3 Å². The van der Waals surface area contributed by atoms with E-state index in [9.17, 15) is 9.59 Å². The fourth-order valence-corrected chi connectivity index (χ4v) is 3.62.